The van der Waals surface area contributed by atoms with Gasteiger partial charge in [-0.05, 0) is 29.8 Å². The highest BCUT2D eigenvalue weighted by Crippen LogP contribution is 2.28. The summed E-state index contributed by atoms with van der Waals surface area (Å²) in [6.45, 7) is 0. The highest BCUT2D eigenvalue weighted by Gasteiger charge is 2.28. The van der Waals surface area contributed by atoms with Crippen molar-refractivity contribution in [3.8, 4) is 5.69 Å². The van der Waals surface area contributed by atoms with Crippen LogP contribution in [0.15, 0.2) is 60.8 Å². The molecule has 4 rings (SSSR count). The molecule has 7 heteroatoms. The molecule has 130 valence electrons. The molecule has 1 amide bonds. The second kappa shape index (κ2) is 6.36. The Morgan fingerprint density at radius 3 is 2.50 bits per heavy atom. The second-order valence-corrected chi connectivity index (χ2v) is 5.82. The van der Waals surface area contributed by atoms with E-state index in [0.29, 0.717) is 16.9 Å². The molecular weight excluding hydrogens is 332 g/mol. The molecule has 1 aromatic heterocycles. The molecule has 2 heterocycles. The molecule has 1 aliphatic heterocycles. The summed E-state index contributed by atoms with van der Waals surface area (Å²) in [5.74, 6) is 0.0200. The minimum absolute atomic E-state index is 0.206. The number of hydrogen-bond donors (Lipinski definition) is 2. The summed E-state index contributed by atoms with van der Waals surface area (Å²) in [7, 11) is 1.34. The van der Waals surface area contributed by atoms with E-state index in [1.165, 1.54) is 7.11 Å². The van der Waals surface area contributed by atoms with Crippen molar-refractivity contribution in [2.24, 2.45) is 0 Å². The highest BCUT2D eigenvalue weighted by atomic mass is 16.5. The fraction of sp³-hybridized carbons (Fsp3) is 0.105. The van der Waals surface area contributed by atoms with Crippen LogP contribution >= 0.6 is 0 Å². The van der Waals surface area contributed by atoms with Crippen LogP contribution in [0.25, 0.3) is 5.69 Å². The zero-order valence-corrected chi connectivity index (χ0v) is 14.0. The van der Waals surface area contributed by atoms with E-state index in [4.69, 9.17) is 4.74 Å². The monoisotopic (exact) mass is 348 g/mol. The molecule has 2 aromatic carbocycles. The number of aromatic nitrogens is 2. The Morgan fingerprint density at radius 2 is 1.81 bits per heavy atom. The van der Waals surface area contributed by atoms with Crippen LogP contribution in [0.5, 0.6) is 0 Å². The summed E-state index contributed by atoms with van der Waals surface area (Å²) >= 11 is 0. The van der Waals surface area contributed by atoms with Gasteiger partial charge in [-0.25, -0.2) is 9.48 Å². The van der Waals surface area contributed by atoms with E-state index in [2.05, 4.69) is 15.7 Å². The standard InChI is InChI=1S/C19H16N4O3/c1-26-19(25)13-9-7-12(8-10-13)16-21-17-15(18(24)22-16)11-20-23(17)14-5-3-2-4-6-14/h2-11,16,21H,1H3,(H,22,24). The van der Waals surface area contributed by atoms with Crippen LogP contribution in [0, 0.1) is 0 Å². The Bertz CT molecular complexity index is 964. The summed E-state index contributed by atoms with van der Waals surface area (Å²) in [6.07, 6.45) is 1.11. The SMILES string of the molecule is COC(=O)c1ccc(C2NC(=O)c3cnn(-c4ccccc4)c3N2)cc1. The first-order valence-electron chi connectivity index (χ1n) is 8.06. The van der Waals surface area contributed by atoms with Gasteiger partial charge in [0.15, 0.2) is 0 Å². The van der Waals surface area contributed by atoms with Gasteiger partial charge in [-0.15, -0.1) is 0 Å². The molecule has 0 spiro atoms. The fourth-order valence-corrected chi connectivity index (χ4v) is 2.90. The minimum atomic E-state index is -0.430. The lowest BCUT2D eigenvalue weighted by atomic mass is 10.1. The average Bonchev–Trinajstić information content (AvgIpc) is 3.13. The Hall–Kier alpha value is -3.61. The summed E-state index contributed by atoms with van der Waals surface area (Å²) in [5.41, 5.74) is 2.61. The summed E-state index contributed by atoms with van der Waals surface area (Å²) in [6, 6.07) is 16.5. The van der Waals surface area contributed by atoms with Gasteiger partial charge in [0.25, 0.3) is 5.91 Å². The average molecular weight is 348 g/mol. The van der Waals surface area contributed by atoms with E-state index in [9.17, 15) is 9.59 Å². The van der Waals surface area contributed by atoms with Gasteiger partial charge in [0.2, 0.25) is 0 Å². The third kappa shape index (κ3) is 2.69. The summed E-state index contributed by atoms with van der Waals surface area (Å²) < 4.78 is 6.40. The lowest BCUT2D eigenvalue weighted by Gasteiger charge is -2.27. The van der Waals surface area contributed by atoms with Crippen molar-refractivity contribution in [2.75, 3.05) is 12.4 Å². The number of esters is 1. The molecule has 3 aromatic rings. The number of nitrogens with zero attached hydrogens (tertiary/aromatic N) is 2. The van der Waals surface area contributed by atoms with Gasteiger partial charge in [0, 0.05) is 0 Å². The van der Waals surface area contributed by atoms with Crippen LogP contribution in [-0.2, 0) is 4.74 Å². The third-order valence-electron chi connectivity index (χ3n) is 4.24. The Labute approximate surface area is 149 Å². The molecule has 0 saturated heterocycles. The second-order valence-electron chi connectivity index (χ2n) is 5.82. The van der Waals surface area contributed by atoms with Gasteiger partial charge >= 0.3 is 5.97 Å². The third-order valence-corrected chi connectivity index (χ3v) is 4.24. The molecule has 1 unspecified atom stereocenters. The number of carbonyl (C=O) groups is 2. The predicted octanol–water partition coefficient (Wildman–Crippen LogP) is 2.51. The number of fused-ring (bicyclic) bond motifs is 1. The van der Waals surface area contributed by atoms with Gasteiger partial charge < -0.3 is 15.4 Å². The van der Waals surface area contributed by atoms with Crippen molar-refractivity contribution in [3.63, 3.8) is 0 Å². The van der Waals surface area contributed by atoms with Crippen LogP contribution in [-0.4, -0.2) is 28.8 Å². The lowest BCUT2D eigenvalue weighted by molar-refractivity contribution is 0.0600. The van der Waals surface area contributed by atoms with Gasteiger partial charge in [0.05, 0.1) is 24.6 Å². The number of para-hydroxylation sites is 1. The summed E-state index contributed by atoms with van der Waals surface area (Å²) in [4.78, 5) is 24.0. The molecular formula is C19H16N4O3. The van der Waals surface area contributed by atoms with Gasteiger partial charge in [0.1, 0.15) is 17.5 Å². The first-order chi connectivity index (χ1) is 12.7. The predicted molar refractivity (Wildman–Crippen MR) is 95.2 cm³/mol. The molecule has 0 fully saturated rings. The maximum absolute atomic E-state index is 12.5. The van der Waals surface area contributed by atoms with Crippen molar-refractivity contribution in [2.45, 2.75) is 6.17 Å². The number of rotatable bonds is 3. The van der Waals surface area contributed by atoms with E-state index in [1.807, 2.05) is 30.3 Å². The Morgan fingerprint density at radius 1 is 1.08 bits per heavy atom. The maximum Gasteiger partial charge on any atom is 0.337 e. The van der Waals surface area contributed by atoms with Crippen LogP contribution < -0.4 is 10.6 Å². The summed E-state index contributed by atoms with van der Waals surface area (Å²) in [5, 5.41) is 10.5. The highest BCUT2D eigenvalue weighted by molar-refractivity contribution is 6.01. The van der Waals surface area contributed by atoms with Crippen LogP contribution in [0.3, 0.4) is 0 Å². The normalized spacial score (nSPS) is 15.6. The van der Waals surface area contributed by atoms with Crippen LogP contribution in [0.4, 0.5) is 5.82 Å². The van der Waals surface area contributed by atoms with Crippen LogP contribution in [0.1, 0.15) is 32.4 Å². The number of hydrogen-bond acceptors (Lipinski definition) is 5. The molecule has 0 bridgehead atoms. The smallest absolute Gasteiger partial charge is 0.337 e. The van der Waals surface area contributed by atoms with E-state index in [0.717, 1.165) is 11.3 Å². The van der Waals surface area contributed by atoms with E-state index in [1.54, 1.807) is 35.1 Å². The molecule has 26 heavy (non-hydrogen) atoms. The van der Waals surface area contributed by atoms with Crippen molar-refractivity contribution >= 4 is 17.7 Å². The first-order valence-corrected chi connectivity index (χ1v) is 8.06. The van der Waals surface area contributed by atoms with Gasteiger partial charge in [-0.1, -0.05) is 30.3 Å². The number of methoxy groups -OCH3 is 1. The van der Waals surface area contributed by atoms with E-state index in [-0.39, 0.29) is 5.91 Å². The molecule has 0 radical (unpaired) electrons. The van der Waals surface area contributed by atoms with Gasteiger partial charge in [-0.3, -0.25) is 4.79 Å². The lowest BCUT2D eigenvalue weighted by Crippen LogP contribution is -2.38. The number of amides is 1. The quantitative estimate of drug-likeness (QED) is 0.711. The van der Waals surface area contributed by atoms with E-state index < -0.39 is 12.1 Å². The molecule has 7 nitrogen and oxygen atoms in total. The van der Waals surface area contributed by atoms with E-state index >= 15 is 0 Å². The molecule has 1 atom stereocenters. The Balaban J connectivity index is 1.66. The zero-order chi connectivity index (χ0) is 18.1. The number of ether oxygens (including phenoxy) is 1. The number of carbonyl (C=O) groups excluding carboxylic acids is 2. The number of nitrogens with one attached hydrogen (secondary N) is 2. The number of benzene rings is 2. The van der Waals surface area contributed by atoms with Crippen molar-refractivity contribution < 1.29 is 14.3 Å². The molecule has 0 saturated carbocycles. The maximum atomic E-state index is 12.5. The van der Waals surface area contributed by atoms with Crippen molar-refractivity contribution in [3.05, 3.63) is 77.5 Å². The minimum Gasteiger partial charge on any atom is -0.465 e. The molecule has 1 aliphatic rings. The fourth-order valence-electron chi connectivity index (χ4n) is 2.90. The van der Waals surface area contributed by atoms with Crippen LogP contribution in [0.2, 0.25) is 0 Å². The topological polar surface area (TPSA) is 85.2 Å². The molecule has 2 N–H and O–H groups in total. The Kier molecular flexibility index (Phi) is 3.89. The largest absolute Gasteiger partial charge is 0.465 e. The van der Waals surface area contributed by atoms with Crippen molar-refractivity contribution in [1.82, 2.24) is 15.1 Å². The molecule has 0 aliphatic carbocycles. The van der Waals surface area contributed by atoms with Crippen molar-refractivity contribution in [1.29, 1.82) is 0 Å². The van der Waals surface area contributed by atoms with Gasteiger partial charge in [-0.2, -0.15) is 5.10 Å². The first kappa shape index (κ1) is 15.9. The zero-order valence-electron chi connectivity index (χ0n) is 14.0. The number of anilines is 1.